The third-order valence-corrected chi connectivity index (χ3v) is 6.11. The molecule has 5 nitrogen and oxygen atoms in total. The highest BCUT2D eigenvalue weighted by atomic mass is 32.1. The molecular formula is C21H28N4OS. The van der Waals surface area contributed by atoms with Crippen molar-refractivity contribution in [2.24, 2.45) is 5.92 Å². The number of aliphatic hydroxyl groups excluding tert-OH is 1. The van der Waals surface area contributed by atoms with Gasteiger partial charge in [-0.05, 0) is 62.6 Å². The summed E-state index contributed by atoms with van der Waals surface area (Å²) in [4.78, 5) is 4.78. The molecule has 2 aromatic rings. The fourth-order valence-electron chi connectivity index (χ4n) is 3.62. The van der Waals surface area contributed by atoms with Crippen molar-refractivity contribution in [1.29, 1.82) is 0 Å². The normalized spacial score (nSPS) is 23.9. The molecule has 3 fully saturated rings. The number of hydrogen-bond acceptors (Lipinski definition) is 5. The Balaban J connectivity index is 0.000000659. The van der Waals surface area contributed by atoms with Gasteiger partial charge in [0.05, 0.1) is 23.7 Å². The number of rotatable bonds is 5. The average molecular weight is 385 g/mol. The van der Waals surface area contributed by atoms with Crippen molar-refractivity contribution in [3.05, 3.63) is 54.1 Å². The lowest BCUT2D eigenvalue weighted by Crippen LogP contribution is -2.48. The number of aliphatic hydroxyl groups is 1. The third-order valence-electron chi connectivity index (χ3n) is 5.04. The first-order valence-electron chi connectivity index (χ1n) is 9.42. The minimum Gasteiger partial charge on any atom is -0.392 e. The molecule has 2 bridgehead atoms. The molecule has 1 unspecified atom stereocenters. The second-order valence-corrected chi connectivity index (χ2v) is 8.16. The van der Waals surface area contributed by atoms with Gasteiger partial charge in [-0.3, -0.25) is 0 Å². The van der Waals surface area contributed by atoms with Gasteiger partial charge in [0.15, 0.2) is 0 Å². The minimum atomic E-state index is -0.0113. The second-order valence-electron chi connectivity index (χ2n) is 7.05. The fraction of sp³-hybridized carbons (Fsp3) is 0.429. The number of nitrogens with zero attached hydrogens (tertiary/aromatic N) is 4. The van der Waals surface area contributed by atoms with E-state index in [4.69, 9.17) is 5.11 Å². The van der Waals surface area contributed by atoms with Crippen LogP contribution in [0.25, 0.3) is 16.6 Å². The summed E-state index contributed by atoms with van der Waals surface area (Å²) in [5.41, 5.74) is 1.65. The van der Waals surface area contributed by atoms with E-state index >= 15 is 0 Å². The standard InChI is InChI=1S/C18H22N4OS.C3H6/c1-13(12-23)2-3-15-4-5-18(24-15)16-10-22(20-19-16)17-11-21-8-6-14(17)7-9-21;1-3-2/h2-5,10,14,17,23H,1,6-9,11-12H2;3H,1H2,2H3/b3-2+;. The Bertz CT molecular complexity index is 799. The molecule has 2 aromatic heterocycles. The molecule has 0 spiro atoms. The molecule has 0 radical (unpaired) electrons. The van der Waals surface area contributed by atoms with Crippen molar-refractivity contribution in [1.82, 2.24) is 19.9 Å². The van der Waals surface area contributed by atoms with E-state index in [1.54, 1.807) is 17.4 Å². The van der Waals surface area contributed by atoms with E-state index in [-0.39, 0.29) is 6.61 Å². The molecule has 1 N–H and O–H groups in total. The van der Waals surface area contributed by atoms with Crippen molar-refractivity contribution >= 4 is 17.4 Å². The second kappa shape index (κ2) is 9.26. The number of aromatic nitrogens is 3. The van der Waals surface area contributed by atoms with Crippen molar-refractivity contribution in [3.63, 3.8) is 0 Å². The largest absolute Gasteiger partial charge is 0.392 e. The Morgan fingerprint density at radius 3 is 2.74 bits per heavy atom. The van der Waals surface area contributed by atoms with Gasteiger partial charge in [-0.15, -0.1) is 23.0 Å². The first-order chi connectivity index (χ1) is 13.1. The van der Waals surface area contributed by atoms with Gasteiger partial charge in [0.2, 0.25) is 0 Å². The fourth-order valence-corrected chi connectivity index (χ4v) is 4.48. The summed E-state index contributed by atoms with van der Waals surface area (Å²) in [5.74, 6) is 0.746. The third kappa shape index (κ3) is 4.83. The van der Waals surface area contributed by atoms with Gasteiger partial charge in [-0.2, -0.15) is 0 Å². The van der Waals surface area contributed by atoms with E-state index < -0.39 is 0 Å². The summed E-state index contributed by atoms with van der Waals surface area (Å²) in [5, 5.41) is 17.8. The monoisotopic (exact) mass is 384 g/mol. The Hall–Kier alpha value is -2.02. The lowest BCUT2D eigenvalue weighted by Gasteiger charge is -2.44. The predicted molar refractivity (Wildman–Crippen MR) is 113 cm³/mol. The van der Waals surface area contributed by atoms with Crippen molar-refractivity contribution in [2.75, 3.05) is 26.2 Å². The zero-order valence-electron chi connectivity index (χ0n) is 15.9. The summed E-state index contributed by atoms with van der Waals surface area (Å²) in [6.45, 7) is 12.6. The molecule has 3 saturated heterocycles. The lowest BCUT2D eigenvalue weighted by atomic mass is 9.84. The Morgan fingerprint density at radius 2 is 2.11 bits per heavy atom. The first-order valence-corrected chi connectivity index (χ1v) is 10.2. The molecule has 144 valence electrons. The van der Waals surface area contributed by atoms with E-state index in [1.807, 2.05) is 19.1 Å². The molecule has 0 amide bonds. The number of fused-ring (bicyclic) bond motifs is 3. The summed E-state index contributed by atoms with van der Waals surface area (Å²) >= 11 is 1.68. The number of thiophene rings is 1. The molecular weight excluding hydrogens is 356 g/mol. The molecule has 27 heavy (non-hydrogen) atoms. The quantitative estimate of drug-likeness (QED) is 0.625. The molecule has 6 heteroatoms. The zero-order chi connectivity index (χ0) is 19.2. The highest BCUT2D eigenvalue weighted by molar-refractivity contribution is 7.16. The van der Waals surface area contributed by atoms with Crippen LogP contribution in [0.5, 0.6) is 0 Å². The summed E-state index contributed by atoms with van der Waals surface area (Å²) in [6.07, 6.45) is 10.2. The van der Waals surface area contributed by atoms with Crippen LogP contribution < -0.4 is 0 Å². The van der Waals surface area contributed by atoms with Crippen LogP contribution in [0.3, 0.4) is 0 Å². The van der Waals surface area contributed by atoms with Gasteiger partial charge in [-0.1, -0.05) is 23.9 Å². The molecule has 5 heterocycles. The summed E-state index contributed by atoms with van der Waals surface area (Å²) in [7, 11) is 0. The smallest absolute Gasteiger partial charge is 0.123 e. The van der Waals surface area contributed by atoms with Gasteiger partial charge >= 0.3 is 0 Å². The van der Waals surface area contributed by atoms with Gasteiger partial charge in [0, 0.05) is 11.4 Å². The molecule has 1 atom stereocenters. The highest BCUT2D eigenvalue weighted by Crippen LogP contribution is 2.36. The van der Waals surface area contributed by atoms with E-state index in [9.17, 15) is 0 Å². The highest BCUT2D eigenvalue weighted by Gasteiger charge is 2.35. The van der Waals surface area contributed by atoms with Crippen LogP contribution in [-0.2, 0) is 0 Å². The molecule has 3 aliphatic heterocycles. The Morgan fingerprint density at radius 1 is 1.37 bits per heavy atom. The van der Waals surface area contributed by atoms with E-state index in [0.717, 1.165) is 27.9 Å². The van der Waals surface area contributed by atoms with Crippen molar-refractivity contribution in [2.45, 2.75) is 25.8 Å². The molecule has 0 aromatic carbocycles. The maximum atomic E-state index is 9.00. The van der Waals surface area contributed by atoms with Gasteiger partial charge < -0.3 is 10.0 Å². The van der Waals surface area contributed by atoms with Crippen LogP contribution in [0, 0.1) is 5.92 Å². The van der Waals surface area contributed by atoms with E-state index in [0.29, 0.717) is 11.6 Å². The summed E-state index contributed by atoms with van der Waals surface area (Å²) in [6, 6.07) is 4.62. The summed E-state index contributed by atoms with van der Waals surface area (Å²) < 4.78 is 2.08. The van der Waals surface area contributed by atoms with Gasteiger partial charge in [-0.25, -0.2) is 4.68 Å². The number of allylic oxidation sites excluding steroid dienone is 1. The van der Waals surface area contributed by atoms with Crippen LogP contribution in [0.15, 0.2) is 49.2 Å². The topological polar surface area (TPSA) is 54.2 Å². The molecule has 0 saturated carbocycles. The Labute approximate surface area is 165 Å². The van der Waals surface area contributed by atoms with E-state index in [2.05, 4.69) is 51.4 Å². The van der Waals surface area contributed by atoms with Gasteiger partial charge in [0.1, 0.15) is 5.69 Å². The number of piperidine rings is 3. The molecule has 0 aliphatic carbocycles. The van der Waals surface area contributed by atoms with Crippen LogP contribution in [0.2, 0.25) is 0 Å². The zero-order valence-corrected chi connectivity index (χ0v) is 16.7. The predicted octanol–water partition coefficient (Wildman–Crippen LogP) is 4.03. The maximum absolute atomic E-state index is 9.00. The van der Waals surface area contributed by atoms with Crippen molar-refractivity contribution < 1.29 is 5.11 Å². The minimum absolute atomic E-state index is 0.0113. The van der Waals surface area contributed by atoms with Crippen molar-refractivity contribution in [3.8, 4) is 10.6 Å². The Kier molecular flexibility index (Phi) is 6.77. The maximum Gasteiger partial charge on any atom is 0.123 e. The van der Waals surface area contributed by atoms with Crippen LogP contribution in [0.4, 0.5) is 0 Å². The van der Waals surface area contributed by atoms with Crippen LogP contribution in [0.1, 0.15) is 30.7 Å². The van der Waals surface area contributed by atoms with Gasteiger partial charge in [0.25, 0.3) is 0 Å². The first kappa shape index (κ1) is 19.7. The van der Waals surface area contributed by atoms with E-state index in [1.165, 1.54) is 25.9 Å². The lowest BCUT2D eigenvalue weighted by molar-refractivity contribution is 0.0504. The average Bonchev–Trinajstić information content (AvgIpc) is 3.37. The molecule has 3 aliphatic rings. The number of hydrogen-bond donors (Lipinski definition) is 1. The van der Waals surface area contributed by atoms with Crippen LogP contribution >= 0.6 is 11.3 Å². The van der Waals surface area contributed by atoms with Crippen LogP contribution in [-0.4, -0.2) is 51.2 Å². The SMILES string of the molecule is C=C(/C=C/c1ccc(-c2cn(C3CN4CCC3CC4)nn2)s1)CO.C=CC. The molecule has 5 rings (SSSR count).